The van der Waals surface area contributed by atoms with Crippen LogP contribution in [-0.2, 0) is 6.54 Å². The van der Waals surface area contributed by atoms with E-state index in [9.17, 15) is 0 Å². The minimum atomic E-state index is 0.593. The minimum Gasteiger partial charge on any atom is -0.398 e. The third-order valence-corrected chi connectivity index (χ3v) is 4.04. The van der Waals surface area contributed by atoms with Crippen LogP contribution in [0.1, 0.15) is 56.9 Å². The Morgan fingerprint density at radius 1 is 1.32 bits per heavy atom. The van der Waals surface area contributed by atoms with Crippen molar-refractivity contribution in [3.63, 3.8) is 0 Å². The number of aryl methyl sites for hydroxylation is 1. The Kier molecular flexibility index (Phi) is 6.29. The van der Waals surface area contributed by atoms with Crippen molar-refractivity contribution in [3.05, 3.63) is 23.0 Å². The molecule has 0 aliphatic heterocycles. The molecule has 0 fully saturated rings. The van der Waals surface area contributed by atoms with Gasteiger partial charge >= 0.3 is 0 Å². The molecule has 0 bridgehead atoms. The number of pyridine rings is 1. The van der Waals surface area contributed by atoms with Crippen molar-refractivity contribution in [2.24, 2.45) is 0 Å². The highest BCUT2D eigenvalue weighted by molar-refractivity contribution is 5.53. The van der Waals surface area contributed by atoms with Gasteiger partial charge in [0.1, 0.15) is 0 Å². The summed E-state index contributed by atoms with van der Waals surface area (Å²) >= 11 is 0. The molecule has 0 aromatic carbocycles. The van der Waals surface area contributed by atoms with E-state index in [0.717, 1.165) is 35.6 Å². The van der Waals surface area contributed by atoms with Crippen LogP contribution in [0.2, 0.25) is 0 Å². The van der Waals surface area contributed by atoms with E-state index in [1.165, 1.54) is 19.3 Å². The predicted octanol–water partition coefficient (Wildman–Crippen LogP) is 3.68. The van der Waals surface area contributed by atoms with Crippen molar-refractivity contribution < 1.29 is 0 Å². The molecule has 0 radical (unpaired) electrons. The van der Waals surface area contributed by atoms with Gasteiger partial charge in [0.05, 0.1) is 5.69 Å². The number of aromatic nitrogens is 1. The molecule has 0 saturated heterocycles. The summed E-state index contributed by atoms with van der Waals surface area (Å²) in [5.74, 6) is 0. The first-order valence-electron chi connectivity index (χ1n) is 7.45. The summed E-state index contributed by atoms with van der Waals surface area (Å²) in [4.78, 5) is 7.10. The van der Waals surface area contributed by atoms with Crippen LogP contribution in [0.3, 0.4) is 0 Å². The zero-order valence-electron chi connectivity index (χ0n) is 13.2. The van der Waals surface area contributed by atoms with Gasteiger partial charge in [-0.15, -0.1) is 0 Å². The molecule has 0 amide bonds. The standard InChI is InChI=1S/C16H29N3/c1-6-8-9-19(13(4)7-2)11-15-14(5)16(17)12(3)10-18-15/h10,13H,6-9,11H2,1-5H3,(H2,17,18). The molecule has 1 unspecified atom stereocenters. The molecule has 1 aromatic heterocycles. The maximum atomic E-state index is 6.11. The molecule has 3 heteroatoms. The van der Waals surface area contributed by atoms with Gasteiger partial charge in [-0.05, 0) is 51.3 Å². The van der Waals surface area contributed by atoms with Crippen molar-refractivity contribution in [2.45, 2.75) is 66.5 Å². The van der Waals surface area contributed by atoms with E-state index in [-0.39, 0.29) is 0 Å². The molecule has 3 nitrogen and oxygen atoms in total. The van der Waals surface area contributed by atoms with E-state index in [0.29, 0.717) is 6.04 Å². The van der Waals surface area contributed by atoms with Gasteiger partial charge in [-0.2, -0.15) is 0 Å². The fourth-order valence-electron chi connectivity index (χ4n) is 2.22. The highest BCUT2D eigenvalue weighted by Crippen LogP contribution is 2.20. The van der Waals surface area contributed by atoms with Gasteiger partial charge < -0.3 is 5.73 Å². The fraction of sp³-hybridized carbons (Fsp3) is 0.688. The summed E-state index contributed by atoms with van der Waals surface area (Å²) in [6.07, 6.45) is 5.54. The first-order chi connectivity index (χ1) is 9.01. The second-order valence-corrected chi connectivity index (χ2v) is 5.51. The zero-order chi connectivity index (χ0) is 14.4. The number of hydrogen-bond donors (Lipinski definition) is 1. The topological polar surface area (TPSA) is 42.2 Å². The van der Waals surface area contributed by atoms with E-state index in [4.69, 9.17) is 5.73 Å². The number of nitrogens with zero attached hydrogens (tertiary/aromatic N) is 2. The largest absolute Gasteiger partial charge is 0.398 e. The summed E-state index contributed by atoms with van der Waals surface area (Å²) in [6, 6.07) is 0.593. The highest BCUT2D eigenvalue weighted by Gasteiger charge is 2.15. The van der Waals surface area contributed by atoms with Crippen molar-refractivity contribution in [1.82, 2.24) is 9.88 Å². The van der Waals surface area contributed by atoms with Crippen molar-refractivity contribution in [2.75, 3.05) is 12.3 Å². The number of unbranched alkanes of at least 4 members (excludes halogenated alkanes) is 1. The van der Waals surface area contributed by atoms with Crippen LogP contribution >= 0.6 is 0 Å². The maximum absolute atomic E-state index is 6.11. The first kappa shape index (κ1) is 16.0. The van der Waals surface area contributed by atoms with Crippen molar-refractivity contribution in [1.29, 1.82) is 0 Å². The van der Waals surface area contributed by atoms with E-state index in [1.54, 1.807) is 0 Å². The normalized spacial score (nSPS) is 12.9. The van der Waals surface area contributed by atoms with Gasteiger partial charge in [0.2, 0.25) is 0 Å². The molecule has 0 aliphatic rings. The molecule has 1 aromatic rings. The quantitative estimate of drug-likeness (QED) is 0.816. The van der Waals surface area contributed by atoms with Crippen LogP contribution in [0.4, 0.5) is 5.69 Å². The third kappa shape index (κ3) is 4.20. The molecule has 0 saturated carbocycles. The smallest absolute Gasteiger partial charge is 0.0593 e. The van der Waals surface area contributed by atoms with Crippen LogP contribution in [-0.4, -0.2) is 22.5 Å². The Hall–Kier alpha value is -1.09. The molecule has 1 atom stereocenters. The van der Waals surface area contributed by atoms with Crippen LogP contribution in [0.15, 0.2) is 6.20 Å². The summed E-state index contributed by atoms with van der Waals surface area (Å²) in [6.45, 7) is 12.9. The van der Waals surface area contributed by atoms with Gasteiger partial charge in [-0.1, -0.05) is 20.3 Å². The SMILES string of the molecule is CCCCN(Cc1ncc(C)c(N)c1C)C(C)CC. The lowest BCUT2D eigenvalue weighted by Gasteiger charge is -2.28. The molecule has 2 N–H and O–H groups in total. The van der Waals surface area contributed by atoms with Crippen molar-refractivity contribution in [3.8, 4) is 0 Å². The molecule has 19 heavy (non-hydrogen) atoms. The van der Waals surface area contributed by atoms with Gasteiger partial charge in [0.15, 0.2) is 0 Å². The van der Waals surface area contributed by atoms with Crippen molar-refractivity contribution >= 4 is 5.69 Å². The van der Waals surface area contributed by atoms with E-state index >= 15 is 0 Å². The Morgan fingerprint density at radius 2 is 2.00 bits per heavy atom. The Bertz CT molecular complexity index is 401. The van der Waals surface area contributed by atoms with Crippen LogP contribution in [0.5, 0.6) is 0 Å². The summed E-state index contributed by atoms with van der Waals surface area (Å²) < 4.78 is 0. The summed E-state index contributed by atoms with van der Waals surface area (Å²) in [5, 5.41) is 0. The number of anilines is 1. The number of nitrogens with two attached hydrogens (primary N) is 1. The second kappa shape index (κ2) is 7.49. The first-order valence-corrected chi connectivity index (χ1v) is 7.45. The number of rotatable bonds is 7. The highest BCUT2D eigenvalue weighted by atomic mass is 15.2. The predicted molar refractivity (Wildman–Crippen MR) is 83.2 cm³/mol. The molecular weight excluding hydrogens is 234 g/mol. The lowest BCUT2D eigenvalue weighted by molar-refractivity contribution is 0.189. The van der Waals surface area contributed by atoms with Gasteiger partial charge in [0, 0.05) is 24.5 Å². The zero-order valence-corrected chi connectivity index (χ0v) is 13.2. The van der Waals surface area contributed by atoms with Crippen LogP contribution in [0, 0.1) is 13.8 Å². The Labute approximate surface area is 118 Å². The lowest BCUT2D eigenvalue weighted by atomic mass is 10.1. The molecular formula is C16H29N3. The minimum absolute atomic E-state index is 0.593. The Balaban J connectivity index is 2.86. The average Bonchev–Trinajstić information content (AvgIpc) is 2.42. The molecule has 0 aliphatic carbocycles. The second-order valence-electron chi connectivity index (χ2n) is 5.51. The van der Waals surface area contributed by atoms with E-state index in [1.807, 2.05) is 13.1 Å². The van der Waals surface area contributed by atoms with Crippen LogP contribution < -0.4 is 5.73 Å². The molecule has 0 spiro atoms. The summed E-state index contributed by atoms with van der Waals surface area (Å²) in [7, 11) is 0. The molecule has 1 heterocycles. The third-order valence-electron chi connectivity index (χ3n) is 4.04. The Morgan fingerprint density at radius 3 is 2.58 bits per heavy atom. The average molecular weight is 263 g/mol. The molecule has 1 rings (SSSR count). The number of hydrogen-bond acceptors (Lipinski definition) is 3. The summed E-state index contributed by atoms with van der Waals surface area (Å²) in [5.41, 5.74) is 10.3. The van der Waals surface area contributed by atoms with Gasteiger partial charge in [0.25, 0.3) is 0 Å². The number of nitrogen functional groups attached to an aromatic ring is 1. The lowest BCUT2D eigenvalue weighted by Crippen LogP contribution is -2.33. The van der Waals surface area contributed by atoms with E-state index in [2.05, 4.69) is 37.6 Å². The fourth-order valence-corrected chi connectivity index (χ4v) is 2.22. The molecule has 108 valence electrons. The maximum Gasteiger partial charge on any atom is 0.0593 e. The van der Waals surface area contributed by atoms with E-state index < -0.39 is 0 Å². The monoisotopic (exact) mass is 263 g/mol. The van der Waals surface area contributed by atoms with Crippen LogP contribution in [0.25, 0.3) is 0 Å². The van der Waals surface area contributed by atoms with Gasteiger partial charge in [-0.25, -0.2) is 0 Å². The van der Waals surface area contributed by atoms with Gasteiger partial charge in [-0.3, -0.25) is 9.88 Å².